The number of likely N-dealkylation sites (N-methyl/N-ethyl adjacent to an activating group) is 2. The highest BCUT2D eigenvalue weighted by Crippen LogP contribution is 2.10. The molecule has 0 saturated carbocycles. The van der Waals surface area contributed by atoms with E-state index in [9.17, 15) is 9.59 Å². The van der Waals surface area contributed by atoms with Crippen LogP contribution in [0, 0.1) is 0 Å². The maximum absolute atomic E-state index is 11.9. The predicted molar refractivity (Wildman–Crippen MR) is 74.3 cm³/mol. The molecule has 0 aliphatic heterocycles. The number of hydrogen-bond acceptors (Lipinski definition) is 3. The second-order valence-corrected chi connectivity index (χ2v) is 4.63. The summed E-state index contributed by atoms with van der Waals surface area (Å²) in [5, 5.41) is 4.63. The Balaban J connectivity index is 2.54. The van der Waals surface area contributed by atoms with Crippen LogP contribution in [-0.2, 0) is 9.59 Å². The molecule has 0 bridgehead atoms. The number of hydrogen-bond donors (Lipinski definition) is 1. The lowest BCUT2D eigenvalue weighted by atomic mass is 10.3. The van der Waals surface area contributed by atoms with Crippen molar-refractivity contribution in [2.24, 2.45) is 0 Å². The van der Waals surface area contributed by atoms with Gasteiger partial charge >= 0.3 is 0 Å². The zero-order chi connectivity index (χ0) is 13.4. The molecule has 1 N–H and O–H groups in total. The van der Waals surface area contributed by atoms with Gasteiger partial charge in [-0.25, -0.2) is 0 Å². The van der Waals surface area contributed by atoms with Gasteiger partial charge in [0.05, 0.1) is 6.54 Å². The van der Waals surface area contributed by atoms with E-state index in [-0.39, 0.29) is 18.4 Å². The maximum atomic E-state index is 11.9. The quantitative estimate of drug-likeness (QED) is 0.797. The van der Waals surface area contributed by atoms with Gasteiger partial charge in [-0.1, -0.05) is 6.07 Å². The maximum Gasteiger partial charge on any atom is 0.247 e. The fraction of sp³-hybridized carbons (Fsp3) is 0.385. The van der Waals surface area contributed by atoms with Gasteiger partial charge in [-0.15, -0.1) is 11.3 Å². The van der Waals surface area contributed by atoms with Crippen LogP contribution in [0.15, 0.2) is 23.6 Å². The lowest BCUT2D eigenvalue weighted by Crippen LogP contribution is -2.39. The van der Waals surface area contributed by atoms with E-state index in [1.54, 1.807) is 17.4 Å². The smallest absolute Gasteiger partial charge is 0.247 e. The van der Waals surface area contributed by atoms with E-state index in [4.69, 9.17) is 0 Å². The molecular weight excluding hydrogens is 248 g/mol. The molecule has 0 atom stereocenters. The van der Waals surface area contributed by atoms with Gasteiger partial charge in [-0.2, -0.15) is 0 Å². The van der Waals surface area contributed by atoms with E-state index in [1.807, 2.05) is 31.4 Å². The first-order valence-electron chi connectivity index (χ1n) is 5.94. The van der Waals surface area contributed by atoms with Crippen molar-refractivity contribution in [1.82, 2.24) is 10.2 Å². The Morgan fingerprint density at radius 1 is 1.44 bits per heavy atom. The molecule has 5 heteroatoms. The minimum atomic E-state index is -0.142. The number of nitrogens with zero attached hydrogens (tertiary/aromatic N) is 1. The van der Waals surface area contributed by atoms with E-state index in [2.05, 4.69) is 5.32 Å². The topological polar surface area (TPSA) is 49.4 Å². The summed E-state index contributed by atoms with van der Waals surface area (Å²) < 4.78 is 0. The molecule has 0 saturated heterocycles. The number of carbonyl (C=O) groups is 2. The van der Waals surface area contributed by atoms with Crippen LogP contribution in [0.3, 0.4) is 0 Å². The van der Waals surface area contributed by atoms with Crippen LogP contribution in [0.5, 0.6) is 0 Å². The summed E-state index contributed by atoms with van der Waals surface area (Å²) in [6, 6.07) is 3.87. The van der Waals surface area contributed by atoms with Crippen molar-refractivity contribution in [3.63, 3.8) is 0 Å². The van der Waals surface area contributed by atoms with Crippen LogP contribution in [0.2, 0.25) is 0 Å². The highest BCUT2D eigenvalue weighted by atomic mass is 32.1. The first kappa shape index (κ1) is 14.4. The fourth-order valence-corrected chi connectivity index (χ4v) is 2.03. The lowest BCUT2D eigenvalue weighted by Gasteiger charge is -2.18. The van der Waals surface area contributed by atoms with E-state index in [0.717, 1.165) is 4.88 Å². The molecule has 0 fully saturated rings. The Labute approximate surface area is 111 Å². The van der Waals surface area contributed by atoms with Crippen molar-refractivity contribution in [3.8, 4) is 0 Å². The molecule has 1 heterocycles. The van der Waals surface area contributed by atoms with Gasteiger partial charge in [0, 0.05) is 24.0 Å². The number of nitrogens with one attached hydrogen (secondary N) is 1. The molecule has 0 aliphatic rings. The SMILES string of the molecule is CCNC(=O)CN(CC)C(=O)/C=C/c1cccs1. The van der Waals surface area contributed by atoms with E-state index in [0.29, 0.717) is 13.1 Å². The molecule has 1 aromatic heterocycles. The Morgan fingerprint density at radius 3 is 2.78 bits per heavy atom. The first-order chi connectivity index (χ1) is 8.67. The van der Waals surface area contributed by atoms with Crippen LogP contribution < -0.4 is 5.32 Å². The van der Waals surface area contributed by atoms with E-state index >= 15 is 0 Å². The standard InChI is InChI=1S/C13H18N2O2S/c1-3-14-12(16)10-15(4-2)13(17)8-7-11-6-5-9-18-11/h5-9H,3-4,10H2,1-2H3,(H,14,16)/b8-7+. The van der Waals surface area contributed by atoms with Crippen LogP contribution >= 0.6 is 11.3 Å². The zero-order valence-electron chi connectivity index (χ0n) is 10.7. The van der Waals surface area contributed by atoms with Crippen molar-refractivity contribution in [2.45, 2.75) is 13.8 Å². The summed E-state index contributed by atoms with van der Waals surface area (Å²) in [6.07, 6.45) is 3.28. The van der Waals surface area contributed by atoms with E-state index in [1.165, 1.54) is 11.0 Å². The van der Waals surface area contributed by atoms with Crippen LogP contribution in [0.25, 0.3) is 6.08 Å². The Hall–Kier alpha value is -1.62. The van der Waals surface area contributed by atoms with Gasteiger partial charge in [-0.3, -0.25) is 9.59 Å². The van der Waals surface area contributed by atoms with Gasteiger partial charge in [0.15, 0.2) is 0 Å². The summed E-state index contributed by atoms with van der Waals surface area (Å²) >= 11 is 1.57. The first-order valence-corrected chi connectivity index (χ1v) is 6.82. The van der Waals surface area contributed by atoms with Crippen LogP contribution in [0.4, 0.5) is 0 Å². The van der Waals surface area contributed by atoms with Gasteiger partial charge in [-0.05, 0) is 31.4 Å². The fourth-order valence-electron chi connectivity index (χ4n) is 1.42. The summed E-state index contributed by atoms with van der Waals surface area (Å²) in [5.41, 5.74) is 0. The van der Waals surface area contributed by atoms with Crippen molar-refractivity contribution >= 4 is 29.2 Å². The highest BCUT2D eigenvalue weighted by molar-refractivity contribution is 7.10. The normalized spacial score (nSPS) is 10.6. The van der Waals surface area contributed by atoms with Crippen molar-refractivity contribution in [3.05, 3.63) is 28.5 Å². The van der Waals surface area contributed by atoms with Crippen molar-refractivity contribution in [1.29, 1.82) is 0 Å². The molecule has 98 valence electrons. The Bertz CT molecular complexity index is 413. The molecule has 1 aromatic rings. The van der Waals surface area contributed by atoms with Gasteiger partial charge < -0.3 is 10.2 Å². The minimum absolute atomic E-state index is 0.109. The molecular formula is C13H18N2O2S. The molecule has 1 rings (SSSR count). The number of amides is 2. The largest absolute Gasteiger partial charge is 0.355 e. The Kier molecular flexibility index (Phi) is 6.14. The van der Waals surface area contributed by atoms with Crippen LogP contribution in [-0.4, -0.2) is 36.3 Å². The van der Waals surface area contributed by atoms with Crippen molar-refractivity contribution in [2.75, 3.05) is 19.6 Å². The molecule has 0 radical (unpaired) electrons. The second-order valence-electron chi connectivity index (χ2n) is 3.65. The second kappa shape index (κ2) is 7.66. The zero-order valence-corrected chi connectivity index (χ0v) is 11.5. The molecule has 0 spiro atoms. The minimum Gasteiger partial charge on any atom is -0.355 e. The molecule has 2 amide bonds. The van der Waals surface area contributed by atoms with Gasteiger partial charge in [0.25, 0.3) is 0 Å². The van der Waals surface area contributed by atoms with Gasteiger partial charge in [0.2, 0.25) is 11.8 Å². The summed E-state index contributed by atoms with van der Waals surface area (Å²) in [7, 11) is 0. The number of thiophene rings is 1. The third-order valence-electron chi connectivity index (χ3n) is 2.34. The average molecular weight is 266 g/mol. The van der Waals surface area contributed by atoms with E-state index < -0.39 is 0 Å². The average Bonchev–Trinajstić information content (AvgIpc) is 2.86. The summed E-state index contributed by atoms with van der Waals surface area (Å²) in [4.78, 5) is 25.8. The highest BCUT2D eigenvalue weighted by Gasteiger charge is 2.12. The molecule has 18 heavy (non-hydrogen) atoms. The number of rotatable bonds is 6. The monoisotopic (exact) mass is 266 g/mol. The van der Waals surface area contributed by atoms with Crippen molar-refractivity contribution < 1.29 is 9.59 Å². The molecule has 0 aromatic carbocycles. The Morgan fingerprint density at radius 2 is 2.22 bits per heavy atom. The lowest BCUT2D eigenvalue weighted by molar-refractivity contribution is -0.132. The molecule has 0 aliphatic carbocycles. The summed E-state index contributed by atoms with van der Waals surface area (Å²) in [5.74, 6) is -0.269. The van der Waals surface area contributed by atoms with Crippen LogP contribution in [0.1, 0.15) is 18.7 Å². The third kappa shape index (κ3) is 4.71. The predicted octanol–water partition coefficient (Wildman–Crippen LogP) is 1.75. The van der Waals surface area contributed by atoms with Gasteiger partial charge in [0.1, 0.15) is 0 Å². The number of carbonyl (C=O) groups excluding carboxylic acids is 2. The summed E-state index contributed by atoms with van der Waals surface area (Å²) in [6.45, 7) is 4.92. The third-order valence-corrected chi connectivity index (χ3v) is 3.17. The molecule has 0 unspecified atom stereocenters. The molecule has 4 nitrogen and oxygen atoms in total.